The van der Waals surface area contributed by atoms with Gasteiger partial charge >= 0.3 is 6.18 Å². The van der Waals surface area contributed by atoms with Gasteiger partial charge in [-0.1, -0.05) is 36.4 Å². The molecule has 0 radical (unpaired) electrons. The monoisotopic (exact) mass is 655 g/mol. The molecule has 2 aromatic carbocycles. The fraction of sp³-hybridized carbons (Fsp3) is 0.424. The number of benzene rings is 2. The fourth-order valence-corrected chi connectivity index (χ4v) is 6.96. The van der Waals surface area contributed by atoms with Gasteiger partial charge in [-0.3, -0.25) is 14.7 Å². The number of nitrogens with zero attached hydrogens (tertiary/aromatic N) is 4. The number of phenolic OH excluding ortho intramolecular Hbond substituents is 1. The number of thiazole rings is 1. The second-order valence-electron chi connectivity index (χ2n) is 11.9. The van der Waals surface area contributed by atoms with Crippen LogP contribution in [0.15, 0.2) is 60.1 Å². The number of aromatic hydroxyl groups is 1. The number of piperidine rings is 1. The Morgan fingerprint density at radius 3 is 2.70 bits per heavy atom. The van der Waals surface area contributed by atoms with Crippen LogP contribution >= 0.6 is 11.3 Å². The predicted octanol–water partition coefficient (Wildman–Crippen LogP) is 4.79. The Morgan fingerprint density at radius 2 is 1.91 bits per heavy atom. The SMILES string of the molecule is O=C(c1csc(C(F)(F)F)n1)N1CCOC2(CCN(Cc3cccc(CCNC[C@H](O)c4ccc(O)c5ncccc45)c3)CC2)C1. The van der Waals surface area contributed by atoms with Crippen molar-refractivity contribution in [3.8, 4) is 5.75 Å². The Balaban J connectivity index is 0.968. The molecule has 0 bridgehead atoms. The molecule has 9 nitrogen and oxygen atoms in total. The molecular weight excluding hydrogens is 619 g/mol. The molecule has 244 valence electrons. The molecular formula is C33H36F3N5O4S. The fourth-order valence-electron chi connectivity index (χ4n) is 6.30. The van der Waals surface area contributed by atoms with Crippen LogP contribution < -0.4 is 5.32 Å². The number of hydrogen-bond donors (Lipinski definition) is 3. The molecule has 3 N–H and O–H groups in total. The highest BCUT2D eigenvalue weighted by molar-refractivity contribution is 7.10. The maximum absolute atomic E-state index is 13.0. The van der Waals surface area contributed by atoms with E-state index in [0.29, 0.717) is 49.6 Å². The van der Waals surface area contributed by atoms with Crippen LogP contribution in [-0.4, -0.2) is 87.4 Å². The van der Waals surface area contributed by atoms with Crippen LogP contribution in [0.5, 0.6) is 5.75 Å². The van der Waals surface area contributed by atoms with Crippen LogP contribution in [0.3, 0.4) is 0 Å². The number of alkyl halides is 3. The molecule has 2 aliphatic heterocycles. The lowest BCUT2D eigenvalue weighted by Crippen LogP contribution is -2.58. The largest absolute Gasteiger partial charge is 0.506 e. The molecule has 2 fully saturated rings. The summed E-state index contributed by atoms with van der Waals surface area (Å²) in [6.45, 7) is 4.41. The highest BCUT2D eigenvalue weighted by Crippen LogP contribution is 2.34. The molecule has 2 aliphatic rings. The van der Waals surface area contributed by atoms with Gasteiger partial charge in [0, 0.05) is 49.7 Å². The number of likely N-dealkylation sites (tertiary alicyclic amines) is 1. The summed E-state index contributed by atoms with van der Waals surface area (Å²) in [5.41, 5.74) is 2.90. The number of carbonyl (C=O) groups is 1. The average molecular weight is 656 g/mol. The molecule has 2 aromatic heterocycles. The summed E-state index contributed by atoms with van der Waals surface area (Å²) in [7, 11) is 0. The summed E-state index contributed by atoms with van der Waals surface area (Å²) >= 11 is 0.440. The first-order chi connectivity index (χ1) is 22.1. The number of fused-ring (bicyclic) bond motifs is 1. The van der Waals surface area contributed by atoms with Gasteiger partial charge in [-0.15, -0.1) is 11.3 Å². The average Bonchev–Trinajstić information content (AvgIpc) is 3.56. The zero-order valence-electron chi connectivity index (χ0n) is 25.2. The number of rotatable bonds is 9. The Hall–Kier alpha value is -3.62. The minimum absolute atomic E-state index is 0.0881. The normalized spacial score (nSPS) is 17.9. The van der Waals surface area contributed by atoms with Crippen LogP contribution in [0.4, 0.5) is 13.2 Å². The number of halogens is 3. The number of aliphatic hydroxyl groups is 1. The van der Waals surface area contributed by atoms with Crippen molar-refractivity contribution in [1.82, 2.24) is 25.1 Å². The van der Waals surface area contributed by atoms with E-state index in [0.717, 1.165) is 49.8 Å². The van der Waals surface area contributed by atoms with Gasteiger partial charge in [-0.05, 0) is 54.6 Å². The van der Waals surface area contributed by atoms with Crippen molar-refractivity contribution in [1.29, 1.82) is 0 Å². The molecule has 2 saturated heterocycles. The molecule has 4 aromatic rings. The summed E-state index contributed by atoms with van der Waals surface area (Å²) in [5, 5.41) is 25.1. The standard InChI is InChI=1S/C33H36F3N5O4S/c34-33(35,36)31-39-26(20-46-31)30(44)41-15-16-45-32(21-41)9-13-40(14-10-32)19-23-4-1-3-22(17-23)8-12-37-18-28(43)24-6-7-27(42)29-25(24)5-2-11-38-29/h1-7,11,17,20,28,37,42-43H,8-10,12-16,18-19,21H2/t28-/m0/s1. The van der Waals surface area contributed by atoms with Crippen molar-refractivity contribution in [3.05, 3.63) is 87.5 Å². The van der Waals surface area contributed by atoms with Crippen LogP contribution in [0.1, 0.15) is 51.1 Å². The van der Waals surface area contributed by atoms with Gasteiger partial charge in [-0.25, -0.2) is 4.98 Å². The van der Waals surface area contributed by atoms with Gasteiger partial charge in [0.05, 0.1) is 24.9 Å². The van der Waals surface area contributed by atoms with E-state index in [4.69, 9.17) is 4.74 Å². The van der Waals surface area contributed by atoms with E-state index in [1.165, 1.54) is 16.5 Å². The molecule has 0 aliphatic carbocycles. The van der Waals surface area contributed by atoms with E-state index in [1.54, 1.807) is 29.3 Å². The molecule has 1 amide bonds. The highest BCUT2D eigenvalue weighted by atomic mass is 32.1. The second-order valence-corrected chi connectivity index (χ2v) is 12.8. The molecule has 13 heteroatoms. The summed E-state index contributed by atoms with van der Waals surface area (Å²) in [6, 6.07) is 15.4. The first-order valence-corrected chi connectivity index (χ1v) is 16.2. The zero-order chi connectivity index (χ0) is 32.3. The first-order valence-electron chi connectivity index (χ1n) is 15.3. The number of hydrogen-bond acceptors (Lipinski definition) is 9. The Labute approximate surface area is 268 Å². The van der Waals surface area contributed by atoms with Crippen molar-refractivity contribution in [2.24, 2.45) is 0 Å². The van der Waals surface area contributed by atoms with Crippen molar-refractivity contribution >= 4 is 28.1 Å². The predicted molar refractivity (Wildman–Crippen MR) is 168 cm³/mol. The third-order valence-corrected chi connectivity index (χ3v) is 9.62. The molecule has 0 unspecified atom stereocenters. The number of amides is 1. The topological polar surface area (TPSA) is 111 Å². The number of ether oxygens (including phenoxy) is 1. The summed E-state index contributed by atoms with van der Waals surface area (Å²) in [6.07, 6.45) is -1.45. The van der Waals surface area contributed by atoms with Crippen molar-refractivity contribution in [2.45, 2.75) is 43.7 Å². The van der Waals surface area contributed by atoms with Gasteiger partial charge in [0.2, 0.25) is 0 Å². The Kier molecular flexibility index (Phi) is 9.57. The van der Waals surface area contributed by atoms with E-state index in [9.17, 15) is 28.2 Å². The lowest BCUT2D eigenvalue weighted by molar-refractivity contribution is -0.137. The highest BCUT2D eigenvalue weighted by Gasteiger charge is 2.42. The lowest BCUT2D eigenvalue weighted by atomic mass is 9.89. The number of aromatic nitrogens is 2. The quantitative estimate of drug-likeness (QED) is 0.221. The van der Waals surface area contributed by atoms with Crippen molar-refractivity contribution < 1.29 is 32.9 Å². The van der Waals surface area contributed by atoms with Gasteiger partial charge < -0.3 is 25.2 Å². The van der Waals surface area contributed by atoms with Crippen LogP contribution in [-0.2, 0) is 23.9 Å². The molecule has 1 spiro atoms. The first kappa shape index (κ1) is 32.3. The third-order valence-electron chi connectivity index (χ3n) is 8.74. The molecule has 1 atom stereocenters. The number of morpholine rings is 1. The maximum atomic E-state index is 13.0. The number of carbonyl (C=O) groups excluding carboxylic acids is 1. The van der Waals surface area contributed by atoms with Gasteiger partial charge in [-0.2, -0.15) is 13.2 Å². The van der Waals surface area contributed by atoms with Gasteiger partial charge in [0.15, 0.2) is 5.01 Å². The number of aliphatic hydroxyl groups excluding tert-OH is 1. The third kappa shape index (κ3) is 7.34. The Morgan fingerprint density at radius 1 is 1.11 bits per heavy atom. The number of pyridine rings is 1. The van der Waals surface area contributed by atoms with E-state index >= 15 is 0 Å². The van der Waals surface area contributed by atoms with Crippen molar-refractivity contribution in [3.63, 3.8) is 0 Å². The lowest BCUT2D eigenvalue weighted by Gasteiger charge is -2.47. The molecule has 46 heavy (non-hydrogen) atoms. The van der Waals surface area contributed by atoms with Gasteiger partial charge in [0.25, 0.3) is 5.91 Å². The minimum Gasteiger partial charge on any atom is -0.506 e. The zero-order valence-corrected chi connectivity index (χ0v) is 26.0. The summed E-state index contributed by atoms with van der Waals surface area (Å²) < 4.78 is 45.1. The second kappa shape index (κ2) is 13.6. The van der Waals surface area contributed by atoms with E-state index in [1.807, 2.05) is 6.07 Å². The molecule has 6 rings (SSSR count). The van der Waals surface area contributed by atoms with E-state index in [-0.39, 0.29) is 11.4 Å². The van der Waals surface area contributed by atoms with Crippen LogP contribution in [0.25, 0.3) is 10.9 Å². The molecule has 4 heterocycles. The smallest absolute Gasteiger partial charge is 0.443 e. The minimum atomic E-state index is -4.56. The van der Waals surface area contributed by atoms with Crippen LogP contribution in [0, 0.1) is 0 Å². The summed E-state index contributed by atoms with van der Waals surface area (Å²) in [5.74, 6) is -0.395. The van der Waals surface area contributed by atoms with Crippen LogP contribution in [0.2, 0.25) is 0 Å². The Bertz CT molecular complexity index is 1670. The number of phenols is 1. The maximum Gasteiger partial charge on any atom is 0.443 e. The summed E-state index contributed by atoms with van der Waals surface area (Å²) in [4.78, 5) is 24.7. The molecule has 0 saturated carbocycles. The van der Waals surface area contributed by atoms with Crippen molar-refractivity contribution in [2.75, 3.05) is 45.9 Å². The number of nitrogens with one attached hydrogen (secondary N) is 1. The van der Waals surface area contributed by atoms with E-state index in [2.05, 4.69) is 44.5 Å². The van der Waals surface area contributed by atoms with E-state index < -0.39 is 28.8 Å². The van der Waals surface area contributed by atoms with Gasteiger partial charge in [0.1, 0.15) is 17.0 Å².